The van der Waals surface area contributed by atoms with Crippen molar-refractivity contribution in [2.75, 3.05) is 17.6 Å². The van der Waals surface area contributed by atoms with Crippen molar-refractivity contribution in [1.82, 2.24) is 4.37 Å². The number of nitrogens with two attached hydrogens (primary N) is 1. The number of nitrogens with zero attached hydrogens (tertiary/aromatic N) is 1. The van der Waals surface area contributed by atoms with Gasteiger partial charge in [0.2, 0.25) is 0 Å². The number of hydrogen-bond acceptors (Lipinski definition) is 4. The molecule has 2 rings (SSSR count). The Morgan fingerprint density at radius 3 is 2.77 bits per heavy atom. The van der Waals surface area contributed by atoms with Gasteiger partial charge in [-0.15, -0.1) is 0 Å². The average Bonchev–Trinajstić information content (AvgIpc) is 2.75. The van der Waals surface area contributed by atoms with E-state index in [1.54, 1.807) is 0 Å². The van der Waals surface area contributed by atoms with Crippen molar-refractivity contribution in [2.45, 2.75) is 26.7 Å². The normalized spacial score (nSPS) is 18.6. The van der Waals surface area contributed by atoms with E-state index < -0.39 is 0 Å². The van der Waals surface area contributed by atoms with Crippen LogP contribution in [0.5, 0.6) is 0 Å². The van der Waals surface area contributed by atoms with Crippen LogP contribution in [0.1, 0.15) is 25.3 Å². The van der Waals surface area contributed by atoms with E-state index in [1.165, 1.54) is 24.4 Å². The summed E-state index contributed by atoms with van der Waals surface area (Å²) in [5.41, 5.74) is 7.28. The summed E-state index contributed by atoms with van der Waals surface area (Å²) < 4.78 is 4.09. The van der Waals surface area contributed by atoms with Crippen LogP contribution in [-0.4, -0.2) is 10.9 Å². The summed E-state index contributed by atoms with van der Waals surface area (Å²) in [5, 5.41) is 4.54. The van der Waals surface area contributed by atoms with E-state index in [0.29, 0.717) is 11.2 Å². The number of nitrogen functional groups attached to an aromatic ring is 1. The molecule has 0 saturated heterocycles. The fourth-order valence-electron chi connectivity index (χ4n) is 1.20. The molecule has 0 aliphatic heterocycles. The minimum Gasteiger partial charge on any atom is -0.383 e. The largest absolute Gasteiger partial charge is 0.383 e. The molecule has 0 radical (unpaired) electrons. The van der Waals surface area contributed by atoms with Gasteiger partial charge in [-0.25, -0.2) is 0 Å². The van der Waals surface area contributed by atoms with Gasteiger partial charge in [-0.3, -0.25) is 0 Å². The van der Waals surface area contributed by atoms with Gasteiger partial charge >= 0.3 is 0 Å². The molecular weight excluding hydrogens is 182 g/mol. The molecule has 1 fully saturated rings. The lowest BCUT2D eigenvalue weighted by Crippen LogP contribution is -2.11. The maximum Gasteiger partial charge on any atom is 0.142 e. The molecule has 13 heavy (non-hydrogen) atoms. The monoisotopic (exact) mass is 197 g/mol. The molecule has 1 saturated carbocycles. The van der Waals surface area contributed by atoms with Crippen molar-refractivity contribution in [3.8, 4) is 0 Å². The number of anilines is 2. The van der Waals surface area contributed by atoms with Crippen LogP contribution in [0.3, 0.4) is 0 Å². The lowest BCUT2D eigenvalue weighted by Gasteiger charge is -2.09. The predicted octanol–water partition coefficient (Wildman–Crippen LogP) is 2.25. The van der Waals surface area contributed by atoms with Crippen LogP contribution in [0, 0.1) is 12.3 Å². The summed E-state index contributed by atoms with van der Waals surface area (Å²) >= 11 is 1.46. The second-order valence-electron chi connectivity index (χ2n) is 4.19. The van der Waals surface area contributed by atoms with Gasteiger partial charge in [0.25, 0.3) is 0 Å². The van der Waals surface area contributed by atoms with Gasteiger partial charge in [-0.2, -0.15) is 4.37 Å². The predicted molar refractivity (Wildman–Crippen MR) is 57.1 cm³/mol. The van der Waals surface area contributed by atoms with Gasteiger partial charge in [-0.05, 0) is 36.7 Å². The Balaban J connectivity index is 1.97. The standard InChI is InChI=1S/C9H15N3S/c1-6-7(10)12-13-8(6)11-5-9(2)3-4-9/h11H,3-5H2,1-2H3,(H2,10,12). The summed E-state index contributed by atoms with van der Waals surface area (Å²) in [4.78, 5) is 0. The van der Waals surface area contributed by atoms with Crippen LogP contribution in [0.4, 0.5) is 10.8 Å². The zero-order valence-corrected chi connectivity index (χ0v) is 8.87. The van der Waals surface area contributed by atoms with E-state index in [9.17, 15) is 0 Å². The van der Waals surface area contributed by atoms with Crippen LogP contribution in [-0.2, 0) is 0 Å². The number of rotatable bonds is 3. The van der Waals surface area contributed by atoms with E-state index in [0.717, 1.165) is 17.1 Å². The summed E-state index contributed by atoms with van der Waals surface area (Å²) in [6, 6.07) is 0. The molecule has 0 atom stereocenters. The Morgan fingerprint density at radius 1 is 1.62 bits per heavy atom. The second kappa shape index (κ2) is 2.87. The zero-order chi connectivity index (χ0) is 9.47. The summed E-state index contributed by atoms with van der Waals surface area (Å²) in [6.45, 7) is 5.37. The zero-order valence-electron chi connectivity index (χ0n) is 8.05. The summed E-state index contributed by atoms with van der Waals surface area (Å²) in [7, 11) is 0. The topological polar surface area (TPSA) is 50.9 Å². The molecule has 0 amide bonds. The average molecular weight is 197 g/mol. The van der Waals surface area contributed by atoms with Crippen LogP contribution in [0.15, 0.2) is 0 Å². The molecule has 0 unspecified atom stereocenters. The Morgan fingerprint density at radius 2 is 2.31 bits per heavy atom. The van der Waals surface area contributed by atoms with E-state index in [4.69, 9.17) is 5.73 Å². The van der Waals surface area contributed by atoms with Crippen molar-refractivity contribution in [1.29, 1.82) is 0 Å². The van der Waals surface area contributed by atoms with E-state index >= 15 is 0 Å². The maximum absolute atomic E-state index is 5.65. The summed E-state index contributed by atoms with van der Waals surface area (Å²) in [6.07, 6.45) is 2.68. The molecule has 1 aromatic rings. The maximum atomic E-state index is 5.65. The first-order valence-electron chi connectivity index (χ1n) is 4.56. The third-order valence-electron chi connectivity index (χ3n) is 2.74. The highest BCUT2D eigenvalue weighted by molar-refractivity contribution is 7.10. The van der Waals surface area contributed by atoms with Gasteiger partial charge in [-0.1, -0.05) is 6.92 Å². The fraction of sp³-hybridized carbons (Fsp3) is 0.667. The third kappa shape index (κ3) is 1.77. The molecule has 1 aromatic heterocycles. The van der Waals surface area contributed by atoms with E-state index in [2.05, 4.69) is 16.6 Å². The SMILES string of the molecule is Cc1c(N)nsc1NCC1(C)CC1. The third-order valence-corrected chi connectivity index (χ3v) is 3.66. The van der Waals surface area contributed by atoms with Crippen LogP contribution in [0.25, 0.3) is 0 Å². The van der Waals surface area contributed by atoms with E-state index in [-0.39, 0.29) is 0 Å². The lowest BCUT2D eigenvalue weighted by atomic mass is 10.1. The molecule has 0 aromatic carbocycles. The lowest BCUT2D eigenvalue weighted by molar-refractivity contribution is 0.611. The molecule has 0 bridgehead atoms. The van der Waals surface area contributed by atoms with Crippen molar-refractivity contribution in [2.24, 2.45) is 5.41 Å². The van der Waals surface area contributed by atoms with Crippen molar-refractivity contribution >= 4 is 22.4 Å². The fourth-order valence-corrected chi connectivity index (χ4v) is 1.90. The molecular formula is C9H15N3S. The molecule has 72 valence electrons. The molecule has 3 N–H and O–H groups in total. The highest BCUT2D eigenvalue weighted by atomic mass is 32.1. The molecule has 1 heterocycles. The van der Waals surface area contributed by atoms with Crippen molar-refractivity contribution < 1.29 is 0 Å². The van der Waals surface area contributed by atoms with Gasteiger partial charge in [0.1, 0.15) is 10.8 Å². The second-order valence-corrected chi connectivity index (χ2v) is 4.96. The van der Waals surface area contributed by atoms with Gasteiger partial charge in [0, 0.05) is 12.1 Å². The van der Waals surface area contributed by atoms with Crippen LogP contribution >= 0.6 is 11.5 Å². The quantitative estimate of drug-likeness (QED) is 0.781. The molecule has 3 nitrogen and oxygen atoms in total. The number of hydrogen-bond donors (Lipinski definition) is 2. The molecule has 1 aliphatic carbocycles. The first-order valence-corrected chi connectivity index (χ1v) is 5.34. The summed E-state index contributed by atoms with van der Waals surface area (Å²) in [5.74, 6) is 0.661. The highest BCUT2D eigenvalue weighted by Crippen LogP contribution is 2.45. The van der Waals surface area contributed by atoms with Gasteiger partial charge in [0.05, 0.1) is 0 Å². The minimum absolute atomic E-state index is 0.533. The number of aromatic nitrogens is 1. The Kier molecular flexibility index (Phi) is 1.95. The van der Waals surface area contributed by atoms with Crippen LogP contribution in [0.2, 0.25) is 0 Å². The Hall–Kier alpha value is -0.770. The molecule has 0 spiro atoms. The molecule has 4 heteroatoms. The van der Waals surface area contributed by atoms with E-state index in [1.807, 2.05) is 6.92 Å². The smallest absolute Gasteiger partial charge is 0.142 e. The highest BCUT2D eigenvalue weighted by Gasteiger charge is 2.36. The van der Waals surface area contributed by atoms with Crippen molar-refractivity contribution in [3.05, 3.63) is 5.56 Å². The van der Waals surface area contributed by atoms with Gasteiger partial charge in [0.15, 0.2) is 0 Å². The Bertz CT molecular complexity index is 315. The minimum atomic E-state index is 0.533. The van der Waals surface area contributed by atoms with Crippen molar-refractivity contribution in [3.63, 3.8) is 0 Å². The number of nitrogens with one attached hydrogen (secondary N) is 1. The Labute approximate surface area is 82.5 Å². The van der Waals surface area contributed by atoms with Gasteiger partial charge < -0.3 is 11.1 Å². The first-order chi connectivity index (χ1) is 6.11. The first kappa shape index (κ1) is 8.81. The van der Waals surface area contributed by atoms with Crippen LogP contribution < -0.4 is 11.1 Å². The molecule has 1 aliphatic rings.